The van der Waals surface area contributed by atoms with Gasteiger partial charge in [0.1, 0.15) is 5.75 Å². The zero-order chi connectivity index (χ0) is 13.5. The van der Waals surface area contributed by atoms with Crippen LogP contribution >= 0.6 is 0 Å². The van der Waals surface area contributed by atoms with Crippen molar-refractivity contribution >= 4 is 26.7 Å². The Bertz CT molecular complexity index is 753. The number of sulfonamides is 1. The fraction of sp³-hybridized carbons (Fsp3) is 0. The van der Waals surface area contributed by atoms with Gasteiger partial charge >= 0.3 is 0 Å². The van der Waals surface area contributed by atoms with Gasteiger partial charge in [0.25, 0.3) is 5.91 Å². The van der Waals surface area contributed by atoms with Crippen LogP contribution in [0.3, 0.4) is 0 Å². The topological polar surface area (TPSA) is 123 Å². The molecule has 0 saturated carbocycles. The minimum absolute atomic E-state index is 0.0749. The predicted octanol–water partition coefficient (Wildman–Crippen LogP) is 0.292. The summed E-state index contributed by atoms with van der Waals surface area (Å²) in [6.45, 7) is 0. The Balaban J connectivity index is 2.92. The maximum absolute atomic E-state index is 11.4. The monoisotopic (exact) mass is 266 g/mol. The number of hydrogen-bond donors (Lipinski definition) is 3. The van der Waals surface area contributed by atoms with Crippen molar-refractivity contribution in [2.24, 2.45) is 10.9 Å². The number of carbonyl (C=O) groups excluding carboxylic acids is 1. The van der Waals surface area contributed by atoms with E-state index in [9.17, 15) is 18.3 Å². The minimum atomic E-state index is -3.91. The van der Waals surface area contributed by atoms with E-state index in [0.29, 0.717) is 0 Å². The molecule has 0 aliphatic rings. The van der Waals surface area contributed by atoms with Crippen LogP contribution in [0.5, 0.6) is 5.75 Å². The van der Waals surface area contributed by atoms with Crippen LogP contribution in [0.4, 0.5) is 0 Å². The lowest BCUT2D eigenvalue weighted by Crippen LogP contribution is -2.13. The summed E-state index contributed by atoms with van der Waals surface area (Å²) in [6.07, 6.45) is 0. The Morgan fingerprint density at radius 1 is 1.11 bits per heavy atom. The Morgan fingerprint density at radius 2 is 1.78 bits per heavy atom. The number of amides is 1. The van der Waals surface area contributed by atoms with Gasteiger partial charge in [-0.3, -0.25) is 4.79 Å². The summed E-state index contributed by atoms with van der Waals surface area (Å²) in [5, 5.41) is 15.4. The fourth-order valence-corrected chi connectivity index (χ4v) is 2.51. The zero-order valence-corrected chi connectivity index (χ0v) is 9.94. The van der Waals surface area contributed by atoms with Crippen LogP contribution in [0, 0.1) is 0 Å². The van der Waals surface area contributed by atoms with Gasteiger partial charge < -0.3 is 10.8 Å². The zero-order valence-electron chi connectivity index (χ0n) is 9.12. The molecular weight excluding hydrogens is 256 g/mol. The van der Waals surface area contributed by atoms with E-state index in [2.05, 4.69) is 0 Å². The van der Waals surface area contributed by atoms with E-state index in [0.717, 1.165) is 0 Å². The SMILES string of the molecule is NC(=O)c1ccc2c(S(N)(=O)=O)cccc2c1O. The third-order valence-corrected chi connectivity index (χ3v) is 3.53. The molecule has 0 saturated heterocycles. The number of primary amides is 1. The molecule has 0 bridgehead atoms. The van der Waals surface area contributed by atoms with Crippen LogP contribution < -0.4 is 10.9 Å². The number of carbonyl (C=O) groups is 1. The van der Waals surface area contributed by atoms with Gasteiger partial charge in [-0.2, -0.15) is 0 Å². The second kappa shape index (κ2) is 3.97. The number of hydrogen-bond acceptors (Lipinski definition) is 4. The third-order valence-electron chi connectivity index (χ3n) is 2.57. The molecule has 0 unspecified atom stereocenters. The normalized spacial score (nSPS) is 11.6. The lowest BCUT2D eigenvalue weighted by atomic mass is 10.1. The molecule has 0 aliphatic carbocycles. The predicted molar refractivity (Wildman–Crippen MR) is 65.5 cm³/mol. The van der Waals surface area contributed by atoms with E-state index >= 15 is 0 Å². The molecule has 18 heavy (non-hydrogen) atoms. The van der Waals surface area contributed by atoms with Crippen molar-refractivity contribution < 1.29 is 18.3 Å². The second-order valence-electron chi connectivity index (χ2n) is 3.72. The number of rotatable bonds is 2. The number of aromatic hydroxyl groups is 1. The lowest BCUT2D eigenvalue weighted by Gasteiger charge is -2.08. The molecule has 0 aromatic heterocycles. The highest BCUT2D eigenvalue weighted by Crippen LogP contribution is 2.31. The number of nitrogens with two attached hydrogens (primary N) is 2. The second-order valence-corrected chi connectivity index (χ2v) is 5.25. The highest BCUT2D eigenvalue weighted by atomic mass is 32.2. The Hall–Kier alpha value is -2.12. The molecule has 6 nitrogen and oxygen atoms in total. The molecule has 0 spiro atoms. The lowest BCUT2D eigenvalue weighted by molar-refractivity contribution is 0.0998. The average molecular weight is 266 g/mol. The van der Waals surface area contributed by atoms with E-state index in [1.807, 2.05) is 0 Å². The Kier molecular flexibility index (Phi) is 2.72. The molecular formula is C11H10N2O4S. The van der Waals surface area contributed by atoms with Gasteiger partial charge in [0, 0.05) is 10.8 Å². The van der Waals surface area contributed by atoms with Crippen molar-refractivity contribution in [1.29, 1.82) is 0 Å². The minimum Gasteiger partial charge on any atom is -0.506 e. The first-order valence-corrected chi connectivity index (χ1v) is 6.44. The van der Waals surface area contributed by atoms with Crippen LogP contribution in [0.1, 0.15) is 10.4 Å². The van der Waals surface area contributed by atoms with Gasteiger partial charge in [-0.15, -0.1) is 0 Å². The summed E-state index contributed by atoms with van der Waals surface area (Å²) >= 11 is 0. The molecule has 0 aliphatic heterocycles. The van der Waals surface area contributed by atoms with Crippen molar-refractivity contribution in [3.05, 3.63) is 35.9 Å². The van der Waals surface area contributed by atoms with Crippen molar-refractivity contribution in [3.63, 3.8) is 0 Å². The summed E-state index contributed by atoms with van der Waals surface area (Å²) in [4.78, 5) is 10.9. The third kappa shape index (κ3) is 1.89. The van der Waals surface area contributed by atoms with E-state index in [1.54, 1.807) is 0 Å². The number of benzene rings is 2. The van der Waals surface area contributed by atoms with Gasteiger partial charge in [0.05, 0.1) is 10.5 Å². The van der Waals surface area contributed by atoms with Crippen LogP contribution in [0.15, 0.2) is 35.2 Å². The summed E-state index contributed by atoms with van der Waals surface area (Å²) in [5.41, 5.74) is 5.01. The molecule has 0 fully saturated rings. The van der Waals surface area contributed by atoms with Crippen LogP contribution in [0.2, 0.25) is 0 Å². The summed E-state index contributed by atoms with van der Waals surface area (Å²) in [7, 11) is -3.91. The van der Waals surface area contributed by atoms with E-state index < -0.39 is 15.9 Å². The average Bonchev–Trinajstić information content (AvgIpc) is 2.27. The largest absolute Gasteiger partial charge is 0.506 e. The van der Waals surface area contributed by atoms with E-state index in [4.69, 9.17) is 10.9 Å². The van der Waals surface area contributed by atoms with Crippen molar-refractivity contribution in [2.75, 3.05) is 0 Å². The van der Waals surface area contributed by atoms with Crippen LogP contribution in [-0.2, 0) is 10.0 Å². The van der Waals surface area contributed by atoms with Crippen molar-refractivity contribution in [3.8, 4) is 5.75 Å². The van der Waals surface area contributed by atoms with Gasteiger partial charge in [0.15, 0.2) is 0 Å². The molecule has 5 N–H and O–H groups in total. The summed E-state index contributed by atoms with van der Waals surface area (Å²) in [5.74, 6) is -1.15. The molecule has 7 heteroatoms. The Morgan fingerprint density at radius 3 is 2.33 bits per heavy atom. The molecule has 2 aromatic carbocycles. The quantitative estimate of drug-likeness (QED) is 0.722. The van der Waals surface area contributed by atoms with Crippen LogP contribution in [0.25, 0.3) is 10.8 Å². The Labute approximate surface area is 103 Å². The standard InChI is InChI=1S/C11H10N2O4S/c12-11(15)8-5-4-6-7(10(8)14)2-1-3-9(6)18(13,16)17/h1-5,14H,(H2,12,15)(H2,13,16,17). The first kappa shape index (κ1) is 12.3. The maximum Gasteiger partial charge on any atom is 0.252 e. The van der Waals surface area contributed by atoms with Crippen molar-refractivity contribution in [2.45, 2.75) is 4.90 Å². The number of primary sulfonamides is 1. The van der Waals surface area contributed by atoms with Crippen LogP contribution in [-0.4, -0.2) is 19.4 Å². The van der Waals surface area contributed by atoms with Gasteiger partial charge in [-0.1, -0.05) is 18.2 Å². The molecule has 0 atom stereocenters. The first-order valence-electron chi connectivity index (χ1n) is 4.89. The smallest absolute Gasteiger partial charge is 0.252 e. The first-order chi connectivity index (χ1) is 8.32. The molecule has 0 heterocycles. The molecule has 0 radical (unpaired) electrons. The number of fused-ring (bicyclic) bond motifs is 1. The molecule has 1 amide bonds. The summed E-state index contributed by atoms with van der Waals surface area (Å²) in [6, 6.07) is 6.86. The van der Waals surface area contributed by atoms with Gasteiger partial charge in [-0.25, -0.2) is 13.6 Å². The molecule has 94 valence electrons. The molecule has 2 aromatic rings. The summed E-state index contributed by atoms with van der Waals surface area (Å²) < 4.78 is 22.8. The fourth-order valence-electron chi connectivity index (χ4n) is 1.76. The van der Waals surface area contributed by atoms with Crippen molar-refractivity contribution in [1.82, 2.24) is 0 Å². The van der Waals surface area contributed by atoms with E-state index in [-0.39, 0.29) is 27.0 Å². The van der Waals surface area contributed by atoms with E-state index in [1.165, 1.54) is 30.3 Å². The molecule has 2 rings (SSSR count). The number of phenols is 1. The van der Waals surface area contributed by atoms with Gasteiger partial charge in [-0.05, 0) is 12.1 Å². The van der Waals surface area contributed by atoms with Gasteiger partial charge in [0.2, 0.25) is 10.0 Å². The highest BCUT2D eigenvalue weighted by molar-refractivity contribution is 7.89. The highest BCUT2D eigenvalue weighted by Gasteiger charge is 2.16. The maximum atomic E-state index is 11.4.